The van der Waals surface area contributed by atoms with E-state index in [-0.39, 0.29) is 23.8 Å². The number of hydrogen-bond acceptors (Lipinski definition) is 8. The Hall–Kier alpha value is -2.83. The normalized spacial score (nSPS) is 15.6. The van der Waals surface area contributed by atoms with Gasteiger partial charge in [0, 0.05) is 12.2 Å². The summed E-state index contributed by atoms with van der Waals surface area (Å²) >= 11 is 4.04. The first-order chi connectivity index (χ1) is 15.4. The van der Waals surface area contributed by atoms with Gasteiger partial charge in [-0.1, -0.05) is 26.0 Å². The Morgan fingerprint density at radius 1 is 0.939 bits per heavy atom. The van der Waals surface area contributed by atoms with Crippen LogP contribution in [0.25, 0.3) is 0 Å². The van der Waals surface area contributed by atoms with Gasteiger partial charge in [-0.3, -0.25) is 14.4 Å². The molecule has 0 aromatic heterocycles. The summed E-state index contributed by atoms with van der Waals surface area (Å²) in [4.78, 5) is 49.2. The van der Waals surface area contributed by atoms with Crippen LogP contribution in [-0.4, -0.2) is 75.0 Å². The van der Waals surface area contributed by atoms with E-state index in [4.69, 9.17) is 10.8 Å². The third kappa shape index (κ3) is 8.91. The monoisotopic (exact) mass is 484 g/mol. The van der Waals surface area contributed by atoms with Crippen LogP contribution in [0.5, 0.6) is 5.75 Å². The Balaban J connectivity index is 3.03. The third-order valence-electron chi connectivity index (χ3n) is 4.89. The molecular weight excluding hydrogens is 452 g/mol. The Morgan fingerprint density at radius 3 is 1.91 bits per heavy atom. The summed E-state index contributed by atoms with van der Waals surface area (Å²) in [5.41, 5.74) is 6.50. The van der Waals surface area contributed by atoms with Crippen molar-refractivity contribution in [3.05, 3.63) is 29.8 Å². The third-order valence-corrected chi connectivity index (χ3v) is 5.26. The summed E-state index contributed by atoms with van der Waals surface area (Å²) in [7, 11) is 0. The molecule has 12 heteroatoms. The molecule has 1 rings (SSSR count). The van der Waals surface area contributed by atoms with Crippen LogP contribution >= 0.6 is 12.6 Å². The van der Waals surface area contributed by atoms with E-state index in [1.807, 2.05) is 0 Å². The molecule has 0 saturated carbocycles. The number of carbonyl (C=O) groups excluding carboxylic acids is 3. The van der Waals surface area contributed by atoms with Crippen LogP contribution in [0.15, 0.2) is 24.3 Å². The van der Waals surface area contributed by atoms with Crippen molar-refractivity contribution < 1.29 is 34.5 Å². The first-order valence-electron chi connectivity index (χ1n) is 10.3. The van der Waals surface area contributed by atoms with Crippen LogP contribution in [0.1, 0.15) is 26.3 Å². The number of carboxylic acid groups (broad SMARTS) is 1. The second kappa shape index (κ2) is 13.0. The number of carboxylic acids is 1. The highest BCUT2D eigenvalue weighted by molar-refractivity contribution is 7.80. The lowest BCUT2D eigenvalue weighted by Gasteiger charge is -2.25. The molecule has 0 bridgehead atoms. The van der Waals surface area contributed by atoms with Gasteiger partial charge in [0.2, 0.25) is 17.7 Å². The van der Waals surface area contributed by atoms with E-state index < -0.39 is 54.0 Å². The van der Waals surface area contributed by atoms with Crippen LogP contribution in [-0.2, 0) is 25.6 Å². The maximum Gasteiger partial charge on any atom is 0.328 e. The van der Waals surface area contributed by atoms with E-state index in [9.17, 15) is 29.4 Å². The molecule has 0 aliphatic rings. The van der Waals surface area contributed by atoms with Gasteiger partial charge in [0.15, 0.2) is 6.04 Å². The summed E-state index contributed by atoms with van der Waals surface area (Å²) < 4.78 is 0. The largest absolute Gasteiger partial charge is 0.508 e. The number of nitrogens with one attached hydrogen (secondary N) is 3. The Labute approximate surface area is 197 Å². The van der Waals surface area contributed by atoms with E-state index >= 15 is 0 Å². The summed E-state index contributed by atoms with van der Waals surface area (Å²) in [6.07, 6.45) is -1.34. The van der Waals surface area contributed by atoms with Gasteiger partial charge in [-0.05, 0) is 30.5 Å². The van der Waals surface area contributed by atoms with Gasteiger partial charge in [0.25, 0.3) is 0 Å². The smallest absolute Gasteiger partial charge is 0.328 e. The molecule has 0 aliphatic heterocycles. The van der Waals surface area contributed by atoms with Crippen LogP contribution in [0.3, 0.4) is 0 Å². The highest BCUT2D eigenvalue weighted by Gasteiger charge is 2.31. The average Bonchev–Trinajstić information content (AvgIpc) is 2.75. The number of thiol groups is 1. The molecule has 0 saturated heterocycles. The summed E-state index contributed by atoms with van der Waals surface area (Å²) in [6.45, 7) is 4.71. The lowest BCUT2D eigenvalue weighted by atomic mass is 10.0. The van der Waals surface area contributed by atoms with Crippen molar-refractivity contribution in [2.45, 2.75) is 57.5 Å². The molecule has 0 radical (unpaired) electrons. The molecule has 1 aromatic carbocycles. The average molecular weight is 485 g/mol. The van der Waals surface area contributed by atoms with Gasteiger partial charge < -0.3 is 37.0 Å². The maximum atomic E-state index is 13.0. The number of nitrogens with two attached hydrogens (primary N) is 1. The number of aliphatic carboxylic acids is 1. The van der Waals surface area contributed by atoms with E-state index in [0.717, 1.165) is 0 Å². The van der Waals surface area contributed by atoms with E-state index in [2.05, 4.69) is 28.6 Å². The Kier molecular flexibility index (Phi) is 11.1. The zero-order valence-electron chi connectivity index (χ0n) is 18.7. The van der Waals surface area contributed by atoms with Crippen molar-refractivity contribution in [1.82, 2.24) is 16.0 Å². The molecule has 184 valence electrons. The molecule has 0 fully saturated rings. The first kappa shape index (κ1) is 28.2. The maximum absolute atomic E-state index is 13.0. The van der Waals surface area contributed by atoms with Crippen molar-refractivity contribution in [1.29, 1.82) is 0 Å². The van der Waals surface area contributed by atoms with Gasteiger partial charge in [-0.25, -0.2) is 4.79 Å². The van der Waals surface area contributed by atoms with E-state index in [1.54, 1.807) is 26.0 Å². The number of phenols is 1. The number of rotatable bonds is 12. The van der Waals surface area contributed by atoms with Crippen LogP contribution < -0.4 is 21.7 Å². The highest BCUT2D eigenvalue weighted by atomic mass is 32.1. The predicted molar refractivity (Wildman–Crippen MR) is 124 cm³/mol. The summed E-state index contributed by atoms with van der Waals surface area (Å²) in [5, 5.41) is 35.3. The topological polar surface area (TPSA) is 191 Å². The number of benzene rings is 1. The van der Waals surface area contributed by atoms with Crippen LogP contribution in [0.4, 0.5) is 0 Å². The number of aromatic hydroxyl groups is 1. The number of aliphatic hydroxyl groups excluding tert-OH is 1. The van der Waals surface area contributed by atoms with Crippen molar-refractivity contribution in [3.8, 4) is 5.75 Å². The molecule has 5 unspecified atom stereocenters. The highest BCUT2D eigenvalue weighted by Crippen LogP contribution is 2.12. The van der Waals surface area contributed by atoms with Crippen molar-refractivity contribution in [2.75, 3.05) is 5.75 Å². The quantitative estimate of drug-likeness (QED) is 0.169. The lowest BCUT2D eigenvalue weighted by molar-refractivity contribution is -0.145. The number of carbonyl (C=O) groups is 4. The van der Waals surface area contributed by atoms with Gasteiger partial charge >= 0.3 is 5.97 Å². The molecule has 11 nitrogen and oxygen atoms in total. The van der Waals surface area contributed by atoms with Crippen LogP contribution in [0.2, 0.25) is 0 Å². The van der Waals surface area contributed by atoms with E-state index in [0.29, 0.717) is 5.56 Å². The summed E-state index contributed by atoms with van der Waals surface area (Å²) in [6, 6.07) is 1.21. The SMILES string of the molecule is CC(C)C(N)C(=O)NC(Cc1ccc(O)cc1)C(=O)NC(CS)C(=O)NC(C(=O)O)C(C)O. The fourth-order valence-electron chi connectivity index (χ4n) is 2.76. The van der Waals surface area contributed by atoms with Gasteiger partial charge in [0.1, 0.15) is 17.8 Å². The molecular formula is C21H32N4O7S. The van der Waals surface area contributed by atoms with Gasteiger partial charge in [0.05, 0.1) is 12.1 Å². The number of aliphatic hydroxyl groups is 1. The minimum atomic E-state index is -1.58. The fraction of sp³-hybridized carbons (Fsp3) is 0.524. The van der Waals surface area contributed by atoms with Crippen molar-refractivity contribution in [3.63, 3.8) is 0 Å². The first-order valence-corrected chi connectivity index (χ1v) is 11.0. The molecule has 0 spiro atoms. The zero-order chi connectivity index (χ0) is 25.3. The molecule has 0 aliphatic carbocycles. The van der Waals surface area contributed by atoms with Gasteiger partial charge in [-0.2, -0.15) is 12.6 Å². The Bertz CT molecular complexity index is 832. The molecule has 8 N–H and O–H groups in total. The molecule has 5 atom stereocenters. The molecule has 33 heavy (non-hydrogen) atoms. The van der Waals surface area contributed by atoms with E-state index in [1.165, 1.54) is 19.1 Å². The van der Waals surface area contributed by atoms with Gasteiger partial charge in [-0.15, -0.1) is 0 Å². The fourth-order valence-corrected chi connectivity index (χ4v) is 3.01. The number of hydrogen-bond donors (Lipinski definition) is 8. The molecule has 0 heterocycles. The lowest BCUT2D eigenvalue weighted by Crippen LogP contribution is -2.59. The van der Waals surface area contributed by atoms with Crippen molar-refractivity contribution in [2.24, 2.45) is 11.7 Å². The minimum absolute atomic E-state index is 0.0310. The number of phenolic OH excluding ortho intramolecular Hbond substituents is 1. The zero-order valence-corrected chi connectivity index (χ0v) is 19.6. The predicted octanol–water partition coefficient (Wildman–Crippen LogP) is -1.23. The summed E-state index contributed by atoms with van der Waals surface area (Å²) in [5.74, 6) is -3.91. The molecule has 1 aromatic rings. The van der Waals surface area contributed by atoms with Crippen LogP contribution in [0, 0.1) is 5.92 Å². The molecule has 3 amide bonds. The second-order valence-corrected chi connectivity index (χ2v) is 8.38. The second-order valence-electron chi connectivity index (χ2n) is 8.01. The standard InChI is InChI=1S/C21H32N4O7S/c1-10(2)16(22)20(30)23-14(8-12-4-6-13(27)7-5-12)18(28)24-15(9-33)19(29)25-17(11(3)26)21(31)32/h4-7,10-11,14-17,26-27,33H,8-9,22H2,1-3H3,(H,23,30)(H,24,28)(H,25,29)(H,31,32). The number of amides is 3. The van der Waals surface area contributed by atoms with Crippen molar-refractivity contribution >= 4 is 36.3 Å². The Morgan fingerprint density at radius 2 is 1.45 bits per heavy atom. The minimum Gasteiger partial charge on any atom is -0.508 e.